The van der Waals surface area contributed by atoms with E-state index in [0.29, 0.717) is 23.5 Å². The van der Waals surface area contributed by atoms with Crippen LogP contribution in [0, 0.1) is 20.8 Å². The van der Waals surface area contributed by atoms with Gasteiger partial charge in [0, 0.05) is 5.69 Å². The summed E-state index contributed by atoms with van der Waals surface area (Å²) in [5.41, 5.74) is 3.86. The first-order valence-corrected chi connectivity index (χ1v) is 11.9. The van der Waals surface area contributed by atoms with E-state index in [1.165, 1.54) is 12.1 Å². The summed E-state index contributed by atoms with van der Waals surface area (Å²) in [7, 11) is -3.74. The fraction of sp³-hybridized carbons (Fsp3) is 0.240. The number of carbonyl (C=O) groups excluding carboxylic acids is 1. The van der Waals surface area contributed by atoms with Gasteiger partial charge in [0.05, 0.1) is 10.6 Å². The summed E-state index contributed by atoms with van der Waals surface area (Å²) >= 11 is 0. The second kappa shape index (κ2) is 9.87. The average Bonchev–Trinajstić information content (AvgIpc) is 2.76. The van der Waals surface area contributed by atoms with Crippen LogP contribution in [0.4, 0.5) is 11.4 Å². The molecule has 0 bridgehead atoms. The van der Waals surface area contributed by atoms with Crippen molar-refractivity contribution in [3.63, 3.8) is 0 Å². The molecule has 0 heterocycles. The second-order valence-corrected chi connectivity index (χ2v) is 9.40. The average molecular weight is 453 g/mol. The van der Waals surface area contributed by atoms with Crippen LogP contribution in [0.25, 0.3) is 0 Å². The van der Waals surface area contributed by atoms with Crippen molar-refractivity contribution in [2.45, 2.75) is 45.1 Å². The molecule has 0 saturated heterocycles. The van der Waals surface area contributed by atoms with E-state index in [2.05, 4.69) is 10.0 Å². The zero-order valence-corrected chi connectivity index (χ0v) is 19.5. The highest BCUT2D eigenvalue weighted by Crippen LogP contribution is 2.23. The summed E-state index contributed by atoms with van der Waals surface area (Å²) in [6, 6.07) is 19.1. The molecule has 168 valence electrons. The summed E-state index contributed by atoms with van der Waals surface area (Å²) in [5.74, 6) is 0.387. The van der Waals surface area contributed by atoms with Crippen LogP contribution in [0.15, 0.2) is 71.6 Å². The summed E-state index contributed by atoms with van der Waals surface area (Å²) < 4.78 is 33.9. The predicted octanol–water partition coefficient (Wildman–Crippen LogP) is 5.21. The van der Waals surface area contributed by atoms with Gasteiger partial charge in [-0.2, -0.15) is 0 Å². The molecular weight excluding hydrogens is 424 g/mol. The van der Waals surface area contributed by atoms with E-state index in [9.17, 15) is 13.2 Å². The monoisotopic (exact) mass is 452 g/mol. The van der Waals surface area contributed by atoms with Crippen molar-refractivity contribution >= 4 is 27.3 Å². The maximum absolute atomic E-state index is 12.7. The molecule has 3 aromatic rings. The molecule has 2 N–H and O–H groups in total. The van der Waals surface area contributed by atoms with Gasteiger partial charge in [0.2, 0.25) is 0 Å². The van der Waals surface area contributed by atoms with E-state index < -0.39 is 16.1 Å². The molecule has 6 nitrogen and oxygen atoms in total. The third-order valence-electron chi connectivity index (χ3n) is 5.10. The Bertz CT molecular complexity index is 1200. The van der Waals surface area contributed by atoms with E-state index in [-0.39, 0.29) is 10.8 Å². The van der Waals surface area contributed by atoms with Crippen LogP contribution in [-0.4, -0.2) is 20.4 Å². The minimum Gasteiger partial charge on any atom is -0.480 e. The van der Waals surface area contributed by atoms with Crippen LogP contribution >= 0.6 is 0 Å². The number of hydrogen-bond donors (Lipinski definition) is 2. The van der Waals surface area contributed by atoms with Crippen LogP contribution < -0.4 is 14.8 Å². The van der Waals surface area contributed by atoms with E-state index in [4.69, 9.17) is 4.74 Å². The van der Waals surface area contributed by atoms with E-state index in [1.807, 2.05) is 58.0 Å². The first-order valence-electron chi connectivity index (χ1n) is 10.4. The quantitative estimate of drug-likeness (QED) is 0.491. The van der Waals surface area contributed by atoms with E-state index >= 15 is 0 Å². The lowest BCUT2D eigenvalue weighted by Gasteiger charge is -2.19. The molecule has 0 aromatic heterocycles. The normalized spacial score (nSPS) is 12.1. The molecule has 1 unspecified atom stereocenters. The Balaban J connectivity index is 1.69. The van der Waals surface area contributed by atoms with Gasteiger partial charge in [0.25, 0.3) is 15.9 Å². The Morgan fingerprint density at radius 2 is 1.62 bits per heavy atom. The first-order chi connectivity index (χ1) is 15.2. The van der Waals surface area contributed by atoms with Crippen LogP contribution in [0.1, 0.15) is 30.0 Å². The number of ether oxygens (including phenoxy) is 1. The molecule has 1 amide bonds. The Labute approximate surface area is 189 Å². The van der Waals surface area contributed by atoms with Crippen molar-refractivity contribution in [2.75, 3.05) is 10.0 Å². The lowest BCUT2D eigenvalue weighted by Crippen LogP contribution is -2.32. The first kappa shape index (κ1) is 23.3. The Morgan fingerprint density at radius 1 is 0.938 bits per heavy atom. The lowest BCUT2D eigenvalue weighted by molar-refractivity contribution is -0.122. The van der Waals surface area contributed by atoms with Crippen LogP contribution in [-0.2, 0) is 14.8 Å². The topological polar surface area (TPSA) is 84.5 Å². The van der Waals surface area contributed by atoms with Gasteiger partial charge in [0.15, 0.2) is 6.10 Å². The van der Waals surface area contributed by atoms with E-state index in [1.54, 1.807) is 24.3 Å². The van der Waals surface area contributed by atoms with Crippen molar-refractivity contribution in [2.24, 2.45) is 0 Å². The van der Waals surface area contributed by atoms with Crippen LogP contribution in [0.2, 0.25) is 0 Å². The molecule has 0 aliphatic carbocycles. The number of anilines is 2. The summed E-state index contributed by atoms with van der Waals surface area (Å²) in [6.07, 6.45) is -0.173. The molecule has 32 heavy (non-hydrogen) atoms. The number of rotatable bonds is 8. The second-order valence-electron chi connectivity index (χ2n) is 7.72. The fourth-order valence-corrected chi connectivity index (χ4v) is 4.27. The Kier molecular flexibility index (Phi) is 7.20. The third kappa shape index (κ3) is 5.68. The van der Waals surface area contributed by atoms with Gasteiger partial charge in [-0.05, 0) is 80.3 Å². The third-order valence-corrected chi connectivity index (χ3v) is 6.48. The number of hydrogen-bond acceptors (Lipinski definition) is 4. The number of para-hydroxylation sites is 1. The molecule has 3 aromatic carbocycles. The van der Waals surface area contributed by atoms with Gasteiger partial charge in [-0.3, -0.25) is 9.52 Å². The van der Waals surface area contributed by atoms with Gasteiger partial charge >= 0.3 is 0 Å². The van der Waals surface area contributed by atoms with Crippen molar-refractivity contribution in [3.05, 3.63) is 83.4 Å². The number of benzene rings is 3. The zero-order valence-electron chi connectivity index (χ0n) is 18.7. The smallest absolute Gasteiger partial charge is 0.265 e. The molecule has 0 aliphatic rings. The number of amides is 1. The number of nitrogens with one attached hydrogen (secondary N) is 2. The van der Waals surface area contributed by atoms with Crippen molar-refractivity contribution in [3.8, 4) is 5.75 Å². The summed E-state index contributed by atoms with van der Waals surface area (Å²) in [6.45, 7) is 7.61. The molecule has 0 fully saturated rings. The summed E-state index contributed by atoms with van der Waals surface area (Å²) in [4.78, 5) is 12.8. The molecule has 7 heteroatoms. The number of carbonyl (C=O) groups is 1. The van der Waals surface area contributed by atoms with E-state index in [0.717, 1.165) is 16.7 Å². The molecular formula is C25H28N2O4S. The molecule has 3 rings (SSSR count). The molecule has 0 spiro atoms. The standard InChI is InChI=1S/C25H28N2O4S/c1-5-23(31-24-16-17(2)10-11-19(24)4)25(28)26-20-12-14-21(15-13-20)32(29,30)27-22-9-7-6-8-18(22)3/h6-16,23,27H,5H2,1-4H3,(H,26,28). The van der Waals surface area contributed by atoms with Crippen molar-refractivity contribution in [1.82, 2.24) is 0 Å². The van der Waals surface area contributed by atoms with Gasteiger partial charge < -0.3 is 10.1 Å². The fourth-order valence-electron chi connectivity index (χ4n) is 3.14. The molecule has 0 radical (unpaired) electrons. The maximum atomic E-state index is 12.7. The van der Waals surface area contributed by atoms with Gasteiger partial charge in [-0.25, -0.2) is 8.42 Å². The number of sulfonamides is 1. The minimum atomic E-state index is -3.74. The molecule has 0 aliphatic heterocycles. The zero-order chi connectivity index (χ0) is 23.3. The molecule has 1 atom stereocenters. The van der Waals surface area contributed by atoms with Crippen LogP contribution in [0.3, 0.4) is 0 Å². The van der Waals surface area contributed by atoms with Crippen molar-refractivity contribution in [1.29, 1.82) is 0 Å². The maximum Gasteiger partial charge on any atom is 0.265 e. The number of aryl methyl sites for hydroxylation is 3. The van der Waals surface area contributed by atoms with Gasteiger partial charge in [-0.1, -0.05) is 37.3 Å². The Hall–Kier alpha value is -3.32. The molecule has 0 saturated carbocycles. The largest absolute Gasteiger partial charge is 0.480 e. The predicted molar refractivity (Wildman–Crippen MR) is 128 cm³/mol. The SMILES string of the molecule is CCC(Oc1cc(C)ccc1C)C(=O)Nc1ccc(S(=O)(=O)Nc2ccccc2C)cc1. The minimum absolute atomic E-state index is 0.109. The summed E-state index contributed by atoms with van der Waals surface area (Å²) in [5, 5.41) is 2.81. The lowest BCUT2D eigenvalue weighted by atomic mass is 10.1. The van der Waals surface area contributed by atoms with Crippen molar-refractivity contribution < 1.29 is 17.9 Å². The highest BCUT2D eigenvalue weighted by Gasteiger charge is 2.20. The Morgan fingerprint density at radius 3 is 2.28 bits per heavy atom. The highest BCUT2D eigenvalue weighted by atomic mass is 32.2. The highest BCUT2D eigenvalue weighted by molar-refractivity contribution is 7.92. The van der Waals surface area contributed by atoms with Gasteiger partial charge in [-0.15, -0.1) is 0 Å². The van der Waals surface area contributed by atoms with Gasteiger partial charge in [0.1, 0.15) is 5.75 Å². The van der Waals surface area contributed by atoms with Crippen LogP contribution in [0.5, 0.6) is 5.75 Å².